The van der Waals surface area contributed by atoms with Crippen LogP contribution in [0.15, 0.2) is 53.4 Å². The molecular formula is C23H22N2O6S. The molecule has 32 heavy (non-hydrogen) atoms. The number of carbonyl (C=O) groups excluding carboxylic acids is 3. The summed E-state index contributed by atoms with van der Waals surface area (Å²) in [7, 11) is -4.15. The highest BCUT2D eigenvalue weighted by Crippen LogP contribution is 2.56. The highest BCUT2D eigenvalue weighted by molar-refractivity contribution is 7.87. The Balaban J connectivity index is 1.37. The molecule has 2 aliphatic carbocycles. The molecule has 9 heteroatoms. The molecule has 1 aliphatic heterocycles. The van der Waals surface area contributed by atoms with Crippen LogP contribution in [0.3, 0.4) is 0 Å². The maximum Gasteiger partial charge on any atom is 0.339 e. The number of hydrogen-bond donors (Lipinski definition) is 1. The molecule has 166 valence electrons. The molecule has 1 saturated heterocycles. The van der Waals surface area contributed by atoms with Gasteiger partial charge >= 0.3 is 10.1 Å². The van der Waals surface area contributed by atoms with Crippen molar-refractivity contribution in [2.45, 2.75) is 31.1 Å². The highest BCUT2D eigenvalue weighted by atomic mass is 32.2. The number of anilines is 2. The van der Waals surface area contributed by atoms with Gasteiger partial charge in [0.2, 0.25) is 17.7 Å². The summed E-state index contributed by atoms with van der Waals surface area (Å²) in [5.41, 5.74) is 0.784. The summed E-state index contributed by atoms with van der Waals surface area (Å²) in [5.74, 6) is -0.612. The molecule has 3 aliphatic rings. The molecule has 1 N–H and O–H groups in total. The number of benzene rings is 2. The Morgan fingerprint density at radius 2 is 1.62 bits per heavy atom. The van der Waals surface area contributed by atoms with Gasteiger partial charge in [0.1, 0.15) is 10.6 Å². The van der Waals surface area contributed by atoms with E-state index in [1.165, 1.54) is 48.2 Å². The monoisotopic (exact) mass is 454 g/mol. The Hall–Kier alpha value is -3.20. The molecule has 2 bridgehead atoms. The van der Waals surface area contributed by atoms with Crippen LogP contribution < -0.4 is 14.4 Å². The number of nitrogens with one attached hydrogen (secondary N) is 1. The first-order valence-electron chi connectivity index (χ1n) is 10.5. The van der Waals surface area contributed by atoms with Gasteiger partial charge in [-0.05, 0) is 67.5 Å². The summed E-state index contributed by atoms with van der Waals surface area (Å²) in [6.45, 7) is 1.36. The number of amides is 3. The number of carbonyl (C=O) groups is 3. The van der Waals surface area contributed by atoms with Gasteiger partial charge in [-0.25, -0.2) is 4.90 Å². The van der Waals surface area contributed by atoms with Gasteiger partial charge in [-0.3, -0.25) is 14.4 Å². The quantitative estimate of drug-likeness (QED) is 0.550. The van der Waals surface area contributed by atoms with Crippen molar-refractivity contribution in [2.24, 2.45) is 23.7 Å². The molecule has 0 aromatic heterocycles. The molecule has 8 nitrogen and oxygen atoms in total. The number of hydrogen-bond acceptors (Lipinski definition) is 6. The smallest absolute Gasteiger partial charge is 0.339 e. The van der Waals surface area contributed by atoms with Crippen LogP contribution >= 0.6 is 0 Å². The second-order valence-electron chi connectivity index (χ2n) is 8.64. The van der Waals surface area contributed by atoms with Crippen LogP contribution in [0.4, 0.5) is 11.4 Å². The normalized spacial score (nSPS) is 26.3. The van der Waals surface area contributed by atoms with E-state index in [2.05, 4.69) is 5.32 Å². The fourth-order valence-electron chi connectivity index (χ4n) is 5.42. The van der Waals surface area contributed by atoms with Crippen LogP contribution in [-0.2, 0) is 24.5 Å². The van der Waals surface area contributed by atoms with Crippen LogP contribution in [0.25, 0.3) is 0 Å². The van der Waals surface area contributed by atoms with Gasteiger partial charge in [-0.1, -0.05) is 6.07 Å². The molecule has 5 rings (SSSR count). The molecule has 2 aromatic carbocycles. The number of fused-ring (bicyclic) bond motifs is 5. The SMILES string of the molecule is CC(=O)Nc1ccc(S(=O)(=O)Oc2cccc(N3C(=O)[C@H]4[C@H]5CC[C@@H](C5)[C@@H]4C3=O)c2)cc1. The van der Waals surface area contributed by atoms with Gasteiger partial charge in [0.25, 0.3) is 0 Å². The fourth-order valence-corrected chi connectivity index (χ4v) is 6.34. The molecule has 3 amide bonds. The van der Waals surface area contributed by atoms with Crippen LogP contribution in [0.5, 0.6) is 5.75 Å². The third kappa shape index (κ3) is 3.37. The summed E-state index contributed by atoms with van der Waals surface area (Å²) in [6, 6.07) is 11.6. The van der Waals surface area contributed by atoms with E-state index >= 15 is 0 Å². The summed E-state index contributed by atoms with van der Waals surface area (Å²) < 4.78 is 30.6. The van der Waals surface area contributed by atoms with Gasteiger partial charge < -0.3 is 9.50 Å². The lowest BCUT2D eigenvalue weighted by Gasteiger charge is -2.19. The lowest BCUT2D eigenvalue weighted by atomic mass is 9.81. The third-order valence-corrected chi connectivity index (χ3v) is 7.93. The Bertz CT molecular complexity index is 1200. The van der Waals surface area contributed by atoms with Crippen LogP contribution in [-0.4, -0.2) is 26.1 Å². The minimum atomic E-state index is -4.15. The van der Waals surface area contributed by atoms with Gasteiger partial charge in [-0.2, -0.15) is 8.42 Å². The van der Waals surface area contributed by atoms with Crippen LogP contribution in [0, 0.1) is 23.7 Å². The number of nitrogens with zero attached hydrogens (tertiary/aromatic N) is 1. The molecular weight excluding hydrogens is 432 g/mol. The Morgan fingerprint density at radius 1 is 1.00 bits per heavy atom. The predicted molar refractivity (Wildman–Crippen MR) is 115 cm³/mol. The third-order valence-electron chi connectivity index (χ3n) is 6.67. The van der Waals surface area contributed by atoms with E-state index in [9.17, 15) is 22.8 Å². The van der Waals surface area contributed by atoms with Crippen molar-refractivity contribution in [1.29, 1.82) is 0 Å². The summed E-state index contributed by atoms with van der Waals surface area (Å²) in [4.78, 5) is 38.3. The van der Waals surface area contributed by atoms with Crippen LogP contribution in [0.1, 0.15) is 26.2 Å². The van der Waals surface area contributed by atoms with Crippen molar-refractivity contribution in [1.82, 2.24) is 0 Å². The first-order valence-corrected chi connectivity index (χ1v) is 12.0. The van der Waals surface area contributed by atoms with E-state index in [1.807, 2.05) is 0 Å². The molecule has 1 heterocycles. The second-order valence-corrected chi connectivity index (χ2v) is 10.2. The first-order chi connectivity index (χ1) is 15.2. The van der Waals surface area contributed by atoms with Gasteiger partial charge in [0, 0.05) is 18.7 Å². The maximum absolute atomic E-state index is 13.0. The largest absolute Gasteiger partial charge is 0.379 e. The van der Waals surface area contributed by atoms with Crippen LogP contribution in [0.2, 0.25) is 0 Å². The van der Waals surface area contributed by atoms with E-state index < -0.39 is 10.1 Å². The zero-order valence-corrected chi connectivity index (χ0v) is 18.2. The Kier molecular flexibility index (Phi) is 4.81. The predicted octanol–water partition coefficient (Wildman–Crippen LogP) is 2.95. The summed E-state index contributed by atoms with van der Waals surface area (Å²) in [6.07, 6.45) is 2.92. The van der Waals surface area contributed by atoms with Crippen molar-refractivity contribution >= 4 is 39.2 Å². The van der Waals surface area contributed by atoms with E-state index in [0.717, 1.165) is 19.3 Å². The number of imide groups is 1. The number of rotatable bonds is 5. The topological polar surface area (TPSA) is 110 Å². The molecule has 0 unspecified atom stereocenters. The molecule has 3 fully saturated rings. The van der Waals surface area contributed by atoms with E-state index in [0.29, 0.717) is 11.4 Å². The second kappa shape index (κ2) is 7.44. The van der Waals surface area contributed by atoms with Crippen molar-refractivity contribution in [3.63, 3.8) is 0 Å². The minimum Gasteiger partial charge on any atom is -0.379 e. The van der Waals surface area contributed by atoms with Gasteiger partial charge in [0.05, 0.1) is 17.5 Å². The molecule has 4 atom stereocenters. The average Bonchev–Trinajstić information content (AvgIpc) is 3.41. The lowest BCUT2D eigenvalue weighted by molar-refractivity contribution is -0.123. The lowest BCUT2D eigenvalue weighted by Crippen LogP contribution is -2.32. The highest BCUT2D eigenvalue weighted by Gasteiger charge is 2.61. The van der Waals surface area contributed by atoms with Gasteiger partial charge in [0.15, 0.2) is 0 Å². The van der Waals surface area contributed by atoms with Gasteiger partial charge in [-0.15, -0.1) is 0 Å². The molecule has 2 saturated carbocycles. The van der Waals surface area contributed by atoms with Crippen molar-refractivity contribution in [3.05, 3.63) is 48.5 Å². The van der Waals surface area contributed by atoms with E-state index in [1.54, 1.807) is 12.1 Å². The molecule has 2 aromatic rings. The Morgan fingerprint density at radius 3 is 2.22 bits per heavy atom. The van der Waals surface area contributed by atoms with E-state index in [4.69, 9.17) is 4.18 Å². The summed E-state index contributed by atoms with van der Waals surface area (Å²) in [5, 5.41) is 2.56. The Labute approximate surface area is 185 Å². The van der Waals surface area contributed by atoms with Crippen molar-refractivity contribution in [2.75, 3.05) is 10.2 Å². The zero-order valence-electron chi connectivity index (χ0n) is 17.4. The maximum atomic E-state index is 13.0. The average molecular weight is 455 g/mol. The summed E-state index contributed by atoms with van der Waals surface area (Å²) >= 11 is 0. The zero-order chi connectivity index (χ0) is 22.6. The van der Waals surface area contributed by atoms with E-state index in [-0.39, 0.29) is 52.0 Å². The molecule has 0 spiro atoms. The fraction of sp³-hybridized carbons (Fsp3) is 0.348. The standard InChI is InChI=1S/C23H22N2O6S/c1-13(26)24-16-7-9-19(10-8-16)32(29,30)31-18-4-2-3-17(12-18)25-22(27)20-14-5-6-15(11-14)21(20)23(25)28/h2-4,7-10,12,14-15,20-21H,5-6,11H2,1H3,(H,24,26)/t14-,15-,20-,21-/m0/s1. The minimum absolute atomic E-state index is 0.00840. The van der Waals surface area contributed by atoms with Crippen molar-refractivity contribution in [3.8, 4) is 5.75 Å². The first kappa shape index (κ1) is 20.7. The molecule has 0 radical (unpaired) electrons. The van der Waals surface area contributed by atoms with Crippen molar-refractivity contribution < 1.29 is 27.0 Å².